The third-order valence-electron chi connectivity index (χ3n) is 3.84. The van der Waals surface area contributed by atoms with Gasteiger partial charge in [0.15, 0.2) is 0 Å². The van der Waals surface area contributed by atoms with Crippen LogP contribution in [0.15, 0.2) is 76.3 Å². The number of anilines is 1. The topological polar surface area (TPSA) is 103 Å². The summed E-state index contributed by atoms with van der Waals surface area (Å²) < 4.78 is 20.0. The summed E-state index contributed by atoms with van der Waals surface area (Å²) in [4.78, 5) is 24.6. The van der Waals surface area contributed by atoms with Crippen molar-refractivity contribution in [2.45, 2.75) is 0 Å². The lowest BCUT2D eigenvalue weighted by Crippen LogP contribution is -2.25. The second-order valence-electron chi connectivity index (χ2n) is 5.70. The Kier molecular flexibility index (Phi) is 4.47. The van der Waals surface area contributed by atoms with Gasteiger partial charge in [-0.3, -0.25) is 9.59 Å². The average Bonchev–Trinajstić information content (AvgIpc) is 3.24. The molecule has 0 aliphatic rings. The molecule has 1 amide bonds. The van der Waals surface area contributed by atoms with Crippen LogP contribution in [-0.4, -0.2) is 25.9 Å². The van der Waals surface area contributed by atoms with E-state index in [4.69, 9.17) is 4.42 Å². The van der Waals surface area contributed by atoms with Gasteiger partial charge in [-0.1, -0.05) is 18.2 Å². The second-order valence-corrected chi connectivity index (χ2v) is 5.70. The summed E-state index contributed by atoms with van der Waals surface area (Å²) in [6.45, 7) is 0. The Morgan fingerprint density at radius 2 is 1.93 bits per heavy atom. The lowest BCUT2D eigenvalue weighted by Gasteiger charge is -2.09. The number of hydrogen-bond donors (Lipinski definition) is 1. The van der Waals surface area contributed by atoms with Crippen molar-refractivity contribution in [2.24, 2.45) is 0 Å². The summed E-state index contributed by atoms with van der Waals surface area (Å²) in [7, 11) is 0. The van der Waals surface area contributed by atoms with Crippen LogP contribution < -0.4 is 10.9 Å². The number of carbonyl (C=O) groups excluding carboxylic acids is 1. The molecule has 0 aliphatic carbocycles. The van der Waals surface area contributed by atoms with Crippen LogP contribution in [0.4, 0.5) is 10.1 Å². The molecular weight excluding hydrogens is 365 g/mol. The van der Waals surface area contributed by atoms with Gasteiger partial charge in [0.25, 0.3) is 11.5 Å². The van der Waals surface area contributed by atoms with E-state index in [0.717, 1.165) is 10.7 Å². The van der Waals surface area contributed by atoms with Crippen LogP contribution in [-0.2, 0) is 0 Å². The molecule has 2 aromatic carbocycles. The van der Waals surface area contributed by atoms with E-state index in [1.807, 2.05) is 0 Å². The minimum atomic E-state index is -0.623. The minimum absolute atomic E-state index is 0.0412. The number of halogens is 1. The van der Waals surface area contributed by atoms with Crippen molar-refractivity contribution >= 4 is 11.6 Å². The maximum absolute atomic E-state index is 14.0. The van der Waals surface area contributed by atoms with Gasteiger partial charge < -0.3 is 9.73 Å². The first-order valence-corrected chi connectivity index (χ1v) is 8.15. The van der Waals surface area contributed by atoms with Gasteiger partial charge in [-0.25, -0.2) is 4.39 Å². The van der Waals surface area contributed by atoms with Crippen LogP contribution in [0.1, 0.15) is 10.5 Å². The van der Waals surface area contributed by atoms with Crippen LogP contribution in [0.3, 0.4) is 0 Å². The predicted octanol–water partition coefficient (Wildman–Crippen LogP) is 2.67. The molecular formula is C19H12FN5O3. The smallest absolute Gasteiger partial charge is 0.276 e. The molecule has 2 aromatic heterocycles. The monoisotopic (exact) mass is 377 g/mol. The number of benzene rings is 2. The molecule has 28 heavy (non-hydrogen) atoms. The molecule has 1 N–H and O–H groups in total. The summed E-state index contributed by atoms with van der Waals surface area (Å²) in [6, 6.07) is 14.9. The predicted molar refractivity (Wildman–Crippen MR) is 97.5 cm³/mol. The zero-order valence-electron chi connectivity index (χ0n) is 14.2. The Labute approximate surface area is 157 Å². The van der Waals surface area contributed by atoms with Gasteiger partial charge in [0, 0.05) is 17.3 Å². The largest absolute Gasteiger partial charge is 0.423 e. The van der Waals surface area contributed by atoms with Gasteiger partial charge in [0.05, 0.1) is 0 Å². The lowest BCUT2D eigenvalue weighted by molar-refractivity contribution is 0.102. The van der Waals surface area contributed by atoms with Gasteiger partial charge in [0.1, 0.15) is 17.2 Å². The summed E-state index contributed by atoms with van der Waals surface area (Å²) in [6.07, 6.45) is 1.20. The van der Waals surface area contributed by atoms with E-state index in [0.29, 0.717) is 17.1 Å². The molecule has 0 saturated carbocycles. The molecule has 9 heteroatoms. The number of amides is 1. The highest BCUT2D eigenvalue weighted by atomic mass is 19.1. The van der Waals surface area contributed by atoms with E-state index in [1.54, 1.807) is 30.3 Å². The third-order valence-corrected chi connectivity index (χ3v) is 3.84. The van der Waals surface area contributed by atoms with Crippen molar-refractivity contribution in [3.63, 3.8) is 0 Å². The van der Waals surface area contributed by atoms with Crippen LogP contribution in [0, 0.1) is 5.82 Å². The molecule has 0 fully saturated rings. The average molecular weight is 377 g/mol. The van der Waals surface area contributed by atoms with Crippen LogP contribution >= 0.6 is 0 Å². The minimum Gasteiger partial charge on any atom is -0.423 e. The van der Waals surface area contributed by atoms with E-state index < -0.39 is 17.3 Å². The summed E-state index contributed by atoms with van der Waals surface area (Å²) >= 11 is 0. The van der Waals surface area contributed by atoms with E-state index in [1.165, 1.54) is 30.7 Å². The fourth-order valence-corrected chi connectivity index (χ4v) is 2.55. The Morgan fingerprint density at radius 1 is 1.07 bits per heavy atom. The van der Waals surface area contributed by atoms with Gasteiger partial charge >= 0.3 is 0 Å². The molecule has 0 unspecified atom stereocenters. The fourth-order valence-electron chi connectivity index (χ4n) is 2.55. The maximum Gasteiger partial charge on any atom is 0.276 e. The number of aromatic nitrogens is 4. The Hall–Kier alpha value is -4.14. The maximum atomic E-state index is 14.0. The normalized spacial score (nSPS) is 10.6. The van der Waals surface area contributed by atoms with Crippen molar-refractivity contribution in [1.29, 1.82) is 0 Å². The van der Waals surface area contributed by atoms with Crippen LogP contribution in [0.2, 0.25) is 0 Å². The molecule has 0 atom stereocenters. The molecule has 0 aliphatic heterocycles. The van der Waals surface area contributed by atoms with Crippen molar-refractivity contribution in [3.8, 4) is 17.1 Å². The number of hydrogen-bond acceptors (Lipinski definition) is 6. The Morgan fingerprint density at radius 3 is 2.71 bits per heavy atom. The lowest BCUT2D eigenvalue weighted by atomic mass is 10.2. The quantitative estimate of drug-likeness (QED) is 0.587. The van der Waals surface area contributed by atoms with Gasteiger partial charge in [-0.15, -0.1) is 10.2 Å². The van der Waals surface area contributed by atoms with E-state index in [9.17, 15) is 14.0 Å². The number of nitrogens with zero attached hydrogens (tertiary/aromatic N) is 4. The molecule has 0 saturated heterocycles. The van der Waals surface area contributed by atoms with Crippen LogP contribution in [0.25, 0.3) is 17.1 Å². The molecule has 4 aromatic rings. The molecule has 138 valence electrons. The van der Waals surface area contributed by atoms with E-state index >= 15 is 0 Å². The highest BCUT2D eigenvalue weighted by Crippen LogP contribution is 2.20. The first-order chi connectivity index (χ1) is 13.6. The highest BCUT2D eigenvalue weighted by molar-refractivity contribution is 6.03. The first-order valence-electron chi connectivity index (χ1n) is 8.15. The Bertz CT molecular complexity index is 1200. The molecule has 0 bridgehead atoms. The number of nitrogens with one attached hydrogen (secondary N) is 1. The summed E-state index contributed by atoms with van der Waals surface area (Å²) in [5, 5.41) is 14.1. The van der Waals surface area contributed by atoms with Gasteiger partial charge in [0.2, 0.25) is 12.3 Å². The van der Waals surface area contributed by atoms with Crippen molar-refractivity contribution in [3.05, 3.63) is 88.9 Å². The molecule has 4 rings (SSSR count). The molecule has 0 spiro atoms. The number of rotatable bonds is 4. The third kappa shape index (κ3) is 3.40. The van der Waals surface area contributed by atoms with Crippen molar-refractivity contribution in [2.75, 3.05) is 5.32 Å². The standard InChI is InChI=1S/C19H12FN5O3/c20-14-6-1-2-7-16(14)25-17(26)9-8-15(24-25)18(27)22-13-5-3-4-12(10-13)19-23-21-11-28-19/h1-11H,(H,22,27). The Balaban J connectivity index is 1.63. The molecule has 0 radical (unpaired) electrons. The van der Waals surface area contributed by atoms with E-state index in [2.05, 4.69) is 20.6 Å². The zero-order chi connectivity index (χ0) is 19.5. The SMILES string of the molecule is O=C(Nc1cccc(-c2nnco2)c1)c1ccc(=O)n(-c2ccccc2F)n1. The first kappa shape index (κ1) is 17.3. The van der Waals surface area contributed by atoms with Crippen molar-refractivity contribution in [1.82, 2.24) is 20.0 Å². The van der Waals surface area contributed by atoms with Gasteiger partial charge in [-0.05, 0) is 36.4 Å². The summed E-state index contributed by atoms with van der Waals surface area (Å²) in [5.41, 5.74) is 0.442. The molecule has 8 nitrogen and oxygen atoms in total. The number of carbonyl (C=O) groups is 1. The zero-order valence-corrected chi connectivity index (χ0v) is 14.2. The molecule has 2 heterocycles. The fraction of sp³-hybridized carbons (Fsp3) is 0. The summed E-state index contributed by atoms with van der Waals surface area (Å²) in [5.74, 6) is -0.878. The highest BCUT2D eigenvalue weighted by Gasteiger charge is 2.14. The van der Waals surface area contributed by atoms with Gasteiger partial charge in [-0.2, -0.15) is 9.78 Å². The van der Waals surface area contributed by atoms with E-state index in [-0.39, 0.29) is 11.4 Å². The van der Waals surface area contributed by atoms with Crippen LogP contribution in [0.5, 0.6) is 0 Å². The number of para-hydroxylation sites is 1. The second kappa shape index (κ2) is 7.23. The van der Waals surface area contributed by atoms with Crippen molar-refractivity contribution < 1.29 is 13.6 Å².